The molecule has 0 radical (unpaired) electrons. The van der Waals surface area contributed by atoms with Crippen molar-refractivity contribution >= 4 is 33.2 Å². The molecule has 0 N–H and O–H groups in total. The molecule has 2 heterocycles. The first-order chi connectivity index (χ1) is 8.10. The number of carbonyl (C=O) groups excluding carboxylic acids is 1. The summed E-state index contributed by atoms with van der Waals surface area (Å²) in [7, 11) is 1.47. The van der Waals surface area contributed by atoms with E-state index in [1.165, 1.54) is 12.0 Å². The van der Waals surface area contributed by atoms with Gasteiger partial charge in [0.2, 0.25) is 0 Å². The van der Waals surface area contributed by atoms with E-state index in [2.05, 4.69) is 39.2 Å². The molecule has 0 aliphatic carbocycles. The van der Waals surface area contributed by atoms with Gasteiger partial charge in [-0.1, -0.05) is 6.92 Å². The quantitative estimate of drug-likeness (QED) is 0.803. The second kappa shape index (κ2) is 5.50. The van der Waals surface area contributed by atoms with Crippen LogP contribution < -0.4 is 0 Å². The van der Waals surface area contributed by atoms with Gasteiger partial charge in [0.05, 0.1) is 13.0 Å². The smallest absolute Gasteiger partial charge is 0.310 e. The summed E-state index contributed by atoms with van der Waals surface area (Å²) >= 11 is 5.21. The van der Waals surface area contributed by atoms with Crippen LogP contribution in [0.1, 0.15) is 11.8 Å². The predicted molar refractivity (Wildman–Crippen MR) is 72.0 cm³/mol. The fourth-order valence-electron chi connectivity index (χ4n) is 2.31. The molecule has 2 unspecified atom stereocenters. The summed E-state index contributed by atoms with van der Waals surface area (Å²) in [5.74, 6) is 0.335. The standard InChI is InChI=1S/C12H16BrNO2S/c1-8-4-14(6-11(8)12(15)16-2)5-10-3-9(13)7-17-10/h3,7-8,11H,4-6H2,1-2H3. The molecular weight excluding hydrogens is 302 g/mol. The third-order valence-electron chi connectivity index (χ3n) is 3.19. The maximum absolute atomic E-state index is 11.6. The van der Waals surface area contributed by atoms with Crippen molar-refractivity contribution < 1.29 is 9.53 Å². The number of thiophene rings is 1. The number of carbonyl (C=O) groups is 1. The zero-order valence-electron chi connectivity index (χ0n) is 9.98. The summed E-state index contributed by atoms with van der Waals surface area (Å²) in [5, 5.41) is 2.09. The monoisotopic (exact) mass is 317 g/mol. The van der Waals surface area contributed by atoms with Gasteiger partial charge in [-0.15, -0.1) is 11.3 Å². The van der Waals surface area contributed by atoms with Crippen molar-refractivity contribution in [2.45, 2.75) is 13.5 Å². The largest absolute Gasteiger partial charge is 0.469 e. The number of hydrogen-bond acceptors (Lipinski definition) is 4. The van der Waals surface area contributed by atoms with Gasteiger partial charge >= 0.3 is 5.97 Å². The first-order valence-electron chi connectivity index (χ1n) is 5.63. The fraction of sp³-hybridized carbons (Fsp3) is 0.583. The van der Waals surface area contributed by atoms with Crippen molar-refractivity contribution in [3.63, 3.8) is 0 Å². The van der Waals surface area contributed by atoms with Crippen LogP contribution in [0.3, 0.4) is 0 Å². The Hall–Kier alpha value is -0.390. The van der Waals surface area contributed by atoms with E-state index >= 15 is 0 Å². The third-order valence-corrected chi connectivity index (χ3v) is 4.88. The van der Waals surface area contributed by atoms with Crippen LogP contribution in [0.25, 0.3) is 0 Å². The van der Waals surface area contributed by atoms with E-state index in [0.29, 0.717) is 5.92 Å². The van der Waals surface area contributed by atoms with Crippen molar-refractivity contribution in [1.29, 1.82) is 0 Å². The van der Waals surface area contributed by atoms with Gasteiger partial charge < -0.3 is 4.74 Å². The highest BCUT2D eigenvalue weighted by Gasteiger charge is 2.35. The molecule has 1 saturated heterocycles. The fourth-order valence-corrected chi connectivity index (χ4v) is 3.80. The second-order valence-corrected chi connectivity index (χ2v) is 6.44. The zero-order valence-corrected chi connectivity index (χ0v) is 12.4. The second-order valence-electron chi connectivity index (χ2n) is 4.53. The van der Waals surface area contributed by atoms with Gasteiger partial charge in [-0.25, -0.2) is 0 Å². The Kier molecular flexibility index (Phi) is 4.22. The third kappa shape index (κ3) is 3.09. The predicted octanol–water partition coefficient (Wildman–Crippen LogP) is 2.75. The molecule has 1 aliphatic heterocycles. The minimum absolute atomic E-state index is 0.0309. The number of halogens is 1. The van der Waals surface area contributed by atoms with Crippen LogP contribution >= 0.6 is 27.3 Å². The van der Waals surface area contributed by atoms with E-state index in [0.717, 1.165) is 24.1 Å². The number of hydrogen-bond donors (Lipinski definition) is 0. The van der Waals surface area contributed by atoms with E-state index in [-0.39, 0.29) is 11.9 Å². The van der Waals surface area contributed by atoms with E-state index in [1.54, 1.807) is 11.3 Å². The summed E-state index contributed by atoms with van der Waals surface area (Å²) in [6, 6.07) is 2.14. The summed E-state index contributed by atoms with van der Waals surface area (Å²) in [5.41, 5.74) is 0. The first-order valence-corrected chi connectivity index (χ1v) is 7.30. The molecule has 3 nitrogen and oxygen atoms in total. The molecule has 1 aromatic heterocycles. The SMILES string of the molecule is COC(=O)C1CN(Cc2cc(Br)cs2)CC1C. The van der Waals surface area contributed by atoms with Crippen molar-refractivity contribution in [2.75, 3.05) is 20.2 Å². The van der Waals surface area contributed by atoms with Crippen molar-refractivity contribution in [3.05, 3.63) is 20.8 Å². The number of esters is 1. The molecule has 1 aliphatic rings. The molecule has 1 aromatic rings. The Morgan fingerprint density at radius 3 is 3.00 bits per heavy atom. The summed E-state index contributed by atoms with van der Waals surface area (Å²) in [6.45, 7) is 4.82. The average Bonchev–Trinajstić information content (AvgIpc) is 2.85. The number of nitrogens with zero attached hydrogens (tertiary/aromatic N) is 1. The van der Waals surface area contributed by atoms with Crippen LogP contribution in [0.15, 0.2) is 15.9 Å². The van der Waals surface area contributed by atoms with Gasteiger partial charge in [0.25, 0.3) is 0 Å². The highest BCUT2D eigenvalue weighted by Crippen LogP contribution is 2.28. The normalized spacial score (nSPS) is 25.1. The molecule has 5 heteroatoms. The van der Waals surface area contributed by atoms with Crippen LogP contribution in [-0.2, 0) is 16.1 Å². The van der Waals surface area contributed by atoms with Gasteiger partial charge in [0.15, 0.2) is 0 Å². The Morgan fingerprint density at radius 1 is 1.65 bits per heavy atom. The maximum Gasteiger partial charge on any atom is 0.310 e. The Balaban J connectivity index is 1.95. The van der Waals surface area contributed by atoms with Crippen molar-refractivity contribution in [2.24, 2.45) is 11.8 Å². The van der Waals surface area contributed by atoms with Gasteiger partial charge in [0, 0.05) is 34.4 Å². The van der Waals surface area contributed by atoms with E-state index in [9.17, 15) is 4.79 Å². The van der Waals surface area contributed by atoms with Gasteiger partial charge in [-0.3, -0.25) is 9.69 Å². The molecule has 0 saturated carbocycles. The highest BCUT2D eigenvalue weighted by molar-refractivity contribution is 9.10. The molecular formula is C12H16BrNO2S. The van der Waals surface area contributed by atoms with Gasteiger partial charge in [-0.05, 0) is 27.9 Å². The molecule has 94 valence electrons. The minimum atomic E-state index is -0.0765. The van der Waals surface area contributed by atoms with Gasteiger partial charge in [0.1, 0.15) is 0 Å². The van der Waals surface area contributed by atoms with Gasteiger partial charge in [-0.2, -0.15) is 0 Å². The summed E-state index contributed by atoms with van der Waals surface area (Å²) < 4.78 is 5.97. The van der Waals surface area contributed by atoms with Crippen molar-refractivity contribution in [1.82, 2.24) is 4.90 Å². The number of rotatable bonds is 3. The number of ether oxygens (including phenoxy) is 1. The lowest BCUT2D eigenvalue weighted by atomic mass is 9.99. The molecule has 2 rings (SSSR count). The van der Waals surface area contributed by atoms with Crippen LogP contribution in [-0.4, -0.2) is 31.1 Å². The van der Waals surface area contributed by atoms with Crippen LogP contribution in [0, 0.1) is 11.8 Å². The average molecular weight is 318 g/mol. The van der Waals surface area contributed by atoms with E-state index < -0.39 is 0 Å². The Labute approximate surface area is 114 Å². The topological polar surface area (TPSA) is 29.5 Å². The lowest BCUT2D eigenvalue weighted by Crippen LogP contribution is -2.24. The molecule has 17 heavy (non-hydrogen) atoms. The summed E-state index contributed by atoms with van der Waals surface area (Å²) in [4.78, 5) is 15.2. The molecule has 0 bridgehead atoms. The Bertz CT molecular complexity index is 407. The number of likely N-dealkylation sites (tertiary alicyclic amines) is 1. The molecule has 0 spiro atoms. The maximum atomic E-state index is 11.6. The lowest BCUT2D eigenvalue weighted by Gasteiger charge is -2.13. The summed E-state index contributed by atoms with van der Waals surface area (Å²) in [6.07, 6.45) is 0. The van der Waals surface area contributed by atoms with Crippen molar-refractivity contribution in [3.8, 4) is 0 Å². The lowest BCUT2D eigenvalue weighted by molar-refractivity contribution is -0.146. The molecule has 1 fully saturated rings. The van der Waals surface area contributed by atoms with Crippen LogP contribution in [0.2, 0.25) is 0 Å². The number of methoxy groups -OCH3 is 1. The molecule has 0 amide bonds. The highest BCUT2D eigenvalue weighted by atomic mass is 79.9. The molecule has 2 atom stereocenters. The van der Waals surface area contributed by atoms with E-state index in [1.807, 2.05) is 0 Å². The molecule has 0 aromatic carbocycles. The van der Waals surface area contributed by atoms with E-state index in [4.69, 9.17) is 4.74 Å². The zero-order chi connectivity index (χ0) is 12.4. The van der Waals surface area contributed by atoms with Crippen LogP contribution in [0.5, 0.6) is 0 Å². The first kappa shape index (κ1) is 13.1. The Morgan fingerprint density at radius 2 is 2.41 bits per heavy atom. The minimum Gasteiger partial charge on any atom is -0.469 e. The van der Waals surface area contributed by atoms with Crippen LogP contribution in [0.4, 0.5) is 0 Å².